The Labute approximate surface area is 289 Å². The number of hydrogen-bond acceptors (Lipinski definition) is 1. The lowest BCUT2D eigenvalue weighted by Gasteiger charge is -2.44. The molecule has 0 aromatic heterocycles. The third-order valence-corrected chi connectivity index (χ3v) is 10.3. The topological polar surface area (TPSA) is 3.24 Å². The fourth-order valence-electron chi connectivity index (χ4n) is 7.99. The highest BCUT2D eigenvalue weighted by Gasteiger charge is 2.43. The third kappa shape index (κ3) is 4.81. The summed E-state index contributed by atoms with van der Waals surface area (Å²) in [5, 5.41) is 0. The Hall–Kier alpha value is -6.05. The van der Waals surface area contributed by atoms with E-state index < -0.39 is 0 Å². The van der Waals surface area contributed by atoms with Gasteiger partial charge in [-0.3, -0.25) is 0 Å². The van der Waals surface area contributed by atoms with Gasteiger partial charge in [0.25, 0.3) is 0 Å². The first-order chi connectivity index (χ1) is 24.2. The highest BCUT2D eigenvalue weighted by atomic mass is 15.2. The molecule has 0 fully saturated rings. The minimum absolute atomic E-state index is 0.0442. The van der Waals surface area contributed by atoms with Gasteiger partial charge in [-0.1, -0.05) is 188 Å². The molecule has 0 aliphatic carbocycles. The maximum atomic E-state index is 3.99. The van der Waals surface area contributed by atoms with Crippen molar-refractivity contribution in [2.75, 3.05) is 4.90 Å². The molecule has 2 aliphatic rings. The molecule has 3 heteroatoms. The fraction of sp³-hybridized carbons (Fsp3) is 0. The molecule has 49 heavy (non-hydrogen) atoms. The number of hydrogen-bond donors (Lipinski definition) is 0. The average Bonchev–Trinajstić information content (AvgIpc) is 3.18. The summed E-state index contributed by atoms with van der Waals surface area (Å²) < 4.78 is 0. The van der Waals surface area contributed by atoms with E-state index in [1.54, 1.807) is 0 Å². The summed E-state index contributed by atoms with van der Waals surface area (Å²) in [5.41, 5.74) is 18.7. The van der Waals surface area contributed by atoms with Gasteiger partial charge in [0.2, 0.25) is 13.4 Å². The normalized spacial score (nSPS) is 12.5. The van der Waals surface area contributed by atoms with Crippen molar-refractivity contribution in [1.29, 1.82) is 0 Å². The molecule has 2 heterocycles. The predicted molar refractivity (Wildman–Crippen MR) is 214 cm³/mol. The largest absolute Gasteiger partial charge is 0.313 e. The first-order valence-electron chi connectivity index (χ1n) is 17.0. The third-order valence-electron chi connectivity index (χ3n) is 10.3. The van der Waals surface area contributed by atoms with Crippen molar-refractivity contribution in [2.45, 2.75) is 0 Å². The van der Waals surface area contributed by atoms with Crippen LogP contribution in [0.3, 0.4) is 0 Å². The summed E-state index contributed by atoms with van der Waals surface area (Å²) >= 11 is 0. The number of rotatable bonds is 6. The lowest BCUT2D eigenvalue weighted by Crippen LogP contribution is -2.65. The van der Waals surface area contributed by atoms with E-state index in [0.29, 0.717) is 0 Å². The average molecular weight is 621 g/mol. The van der Waals surface area contributed by atoms with E-state index in [1.165, 1.54) is 72.1 Å². The highest BCUT2D eigenvalue weighted by Crippen LogP contribution is 2.39. The second-order valence-corrected chi connectivity index (χ2v) is 13.0. The molecular weight excluding hydrogens is 588 g/mol. The summed E-state index contributed by atoms with van der Waals surface area (Å²) in [4.78, 5) is 2.55. The van der Waals surface area contributed by atoms with E-state index in [9.17, 15) is 0 Å². The van der Waals surface area contributed by atoms with Crippen molar-refractivity contribution >= 4 is 75.4 Å². The van der Waals surface area contributed by atoms with Gasteiger partial charge in [0, 0.05) is 17.1 Å². The minimum Gasteiger partial charge on any atom is -0.313 e. The molecule has 0 spiro atoms. The van der Waals surface area contributed by atoms with Crippen LogP contribution in [0, 0.1) is 0 Å². The number of para-hydroxylation sites is 1. The Morgan fingerprint density at radius 3 is 1.41 bits per heavy atom. The van der Waals surface area contributed by atoms with Gasteiger partial charge in [0.1, 0.15) is 0 Å². The van der Waals surface area contributed by atoms with Crippen LogP contribution in [-0.4, -0.2) is 13.4 Å². The van der Waals surface area contributed by atoms with Crippen molar-refractivity contribution in [3.05, 3.63) is 188 Å². The van der Waals surface area contributed by atoms with Crippen LogP contribution >= 0.6 is 0 Å². The summed E-state index contributed by atoms with van der Waals surface area (Å²) in [6.07, 6.45) is 3.81. The maximum absolute atomic E-state index is 3.99. The summed E-state index contributed by atoms with van der Waals surface area (Å²) in [5.74, 6) is 0. The maximum Gasteiger partial charge on any atom is 0.246 e. The molecule has 7 aromatic carbocycles. The minimum atomic E-state index is 0.0442. The molecule has 0 saturated carbocycles. The molecular formula is C46H33B2N. The van der Waals surface area contributed by atoms with Crippen molar-refractivity contribution in [3.63, 3.8) is 0 Å². The highest BCUT2D eigenvalue weighted by molar-refractivity contribution is 7.02. The van der Waals surface area contributed by atoms with Crippen molar-refractivity contribution < 1.29 is 0 Å². The molecule has 0 amide bonds. The second kappa shape index (κ2) is 11.9. The number of anilines is 3. The quantitative estimate of drug-likeness (QED) is 0.175. The molecule has 228 valence electrons. The monoisotopic (exact) mass is 621 g/mol. The molecule has 0 unspecified atom stereocenters. The lowest BCUT2D eigenvalue weighted by atomic mass is 9.30. The number of nitrogens with zero attached hydrogens (tertiary/aromatic N) is 1. The van der Waals surface area contributed by atoms with Crippen LogP contribution in [0.25, 0.3) is 34.4 Å². The van der Waals surface area contributed by atoms with Gasteiger partial charge >= 0.3 is 0 Å². The number of fused-ring (bicyclic) bond motifs is 4. The Morgan fingerprint density at radius 2 is 0.837 bits per heavy atom. The zero-order chi connectivity index (χ0) is 32.9. The van der Waals surface area contributed by atoms with Gasteiger partial charge < -0.3 is 4.90 Å². The molecule has 0 N–H and O–H groups in total. The molecule has 9 rings (SSSR count). The van der Waals surface area contributed by atoms with Crippen molar-refractivity contribution in [1.82, 2.24) is 0 Å². The van der Waals surface area contributed by atoms with E-state index in [-0.39, 0.29) is 13.4 Å². The molecule has 0 radical (unpaired) electrons. The standard InChI is InChI=1S/C46H33B2N/c1-3-32-19-23-34(24-20-32)36-27-28-45-41(29-36)48(39-15-9-6-10-16-39)43-31-37(35-25-21-33(4-2)22-26-35)30-42-46(43)49(45)44-18-12-11-17-40(44)47(42)38-13-7-5-8-14-38/h3-31H,1-2H2. The van der Waals surface area contributed by atoms with Gasteiger partial charge in [-0.15, -0.1) is 0 Å². The Balaban J connectivity index is 1.37. The van der Waals surface area contributed by atoms with Crippen LogP contribution in [0.1, 0.15) is 11.1 Å². The van der Waals surface area contributed by atoms with E-state index in [1.807, 2.05) is 12.2 Å². The summed E-state index contributed by atoms with van der Waals surface area (Å²) in [6.45, 7) is 8.09. The Morgan fingerprint density at radius 1 is 0.388 bits per heavy atom. The molecule has 1 nitrogen and oxygen atoms in total. The van der Waals surface area contributed by atoms with Gasteiger partial charge in [0.15, 0.2) is 0 Å². The zero-order valence-corrected chi connectivity index (χ0v) is 27.3. The van der Waals surface area contributed by atoms with Crippen LogP contribution < -0.4 is 37.7 Å². The predicted octanol–water partition coefficient (Wildman–Crippen LogP) is 7.44. The van der Waals surface area contributed by atoms with Crippen molar-refractivity contribution in [2.24, 2.45) is 0 Å². The van der Waals surface area contributed by atoms with Gasteiger partial charge in [0.05, 0.1) is 0 Å². The van der Waals surface area contributed by atoms with Crippen LogP contribution in [0.15, 0.2) is 177 Å². The lowest BCUT2D eigenvalue weighted by molar-refractivity contribution is 1.30. The first-order valence-corrected chi connectivity index (χ1v) is 17.0. The first kappa shape index (κ1) is 29.1. The van der Waals surface area contributed by atoms with Crippen LogP contribution in [-0.2, 0) is 0 Å². The Bertz CT molecular complexity index is 2360. The van der Waals surface area contributed by atoms with E-state index in [0.717, 1.165) is 11.1 Å². The zero-order valence-electron chi connectivity index (χ0n) is 27.3. The summed E-state index contributed by atoms with van der Waals surface area (Å²) in [7, 11) is 0. The summed E-state index contributed by atoms with van der Waals surface area (Å²) in [6, 6.07) is 60.5. The van der Waals surface area contributed by atoms with Gasteiger partial charge in [-0.25, -0.2) is 0 Å². The van der Waals surface area contributed by atoms with Crippen LogP contribution in [0.5, 0.6) is 0 Å². The molecule has 0 atom stereocenters. The SMILES string of the molecule is C=Cc1ccc(-c2ccc3c(c2)B(c2ccccc2)c2cc(-c4ccc(C=C)cc4)cc4c2N3c2ccccc2B4c2ccccc2)cc1. The molecule has 7 aromatic rings. The van der Waals surface area contributed by atoms with Crippen molar-refractivity contribution in [3.8, 4) is 22.3 Å². The molecule has 2 aliphatic heterocycles. The Kier molecular flexibility index (Phi) is 7.06. The van der Waals surface area contributed by atoms with E-state index in [4.69, 9.17) is 0 Å². The van der Waals surface area contributed by atoms with Gasteiger partial charge in [-0.05, 0) is 67.4 Å². The van der Waals surface area contributed by atoms with Gasteiger partial charge in [-0.2, -0.15) is 0 Å². The number of benzene rings is 7. The smallest absolute Gasteiger partial charge is 0.246 e. The van der Waals surface area contributed by atoms with E-state index in [2.05, 4.69) is 182 Å². The second-order valence-electron chi connectivity index (χ2n) is 13.0. The van der Waals surface area contributed by atoms with Crippen LogP contribution in [0.4, 0.5) is 17.1 Å². The molecule has 0 bridgehead atoms. The van der Waals surface area contributed by atoms with E-state index >= 15 is 0 Å². The fourth-order valence-corrected chi connectivity index (χ4v) is 7.99. The van der Waals surface area contributed by atoms with Crippen LogP contribution in [0.2, 0.25) is 0 Å². The molecule has 0 saturated heterocycles.